The zero-order valence-electron chi connectivity index (χ0n) is 21.6. The highest BCUT2D eigenvalue weighted by molar-refractivity contribution is 5.59. The Morgan fingerprint density at radius 2 is 1.86 bits per heavy atom. The van der Waals surface area contributed by atoms with Gasteiger partial charge in [0, 0.05) is 61.4 Å². The van der Waals surface area contributed by atoms with Crippen LogP contribution in [0, 0.1) is 11.2 Å². The Bertz CT molecular complexity index is 1230. The number of imidazole rings is 1. The molecule has 6 rings (SSSR count). The zero-order chi connectivity index (χ0) is 25.4. The van der Waals surface area contributed by atoms with E-state index in [-0.39, 0.29) is 5.82 Å². The van der Waals surface area contributed by atoms with Crippen molar-refractivity contribution in [1.82, 2.24) is 24.4 Å². The first-order valence-electron chi connectivity index (χ1n) is 13.5. The van der Waals surface area contributed by atoms with E-state index in [0.717, 1.165) is 100 Å². The molecule has 0 saturated carbocycles. The molecule has 37 heavy (non-hydrogen) atoms. The van der Waals surface area contributed by atoms with E-state index in [1.54, 1.807) is 6.33 Å². The van der Waals surface area contributed by atoms with Gasteiger partial charge in [-0.2, -0.15) is 0 Å². The Kier molecular flexibility index (Phi) is 6.58. The molecule has 0 bridgehead atoms. The predicted octanol–water partition coefficient (Wildman–Crippen LogP) is 3.73. The largest absolute Gasteiger partial charge is 0.383 e. The first kappa shape index (κ1) is 24.3. The summed E-state index contributed by atoms with van der Waals surface area (Å²) in [6, 6.07) is 6.66. The maximum Gasteiger partial charge on any atom is 0.137 e. The third-order valence-electron chi connectivity index (χ3n) is 8.41. The number of halogens is 1. The average Bonchev–Trinajstić information content (AvgIpc) is 3.53. The van der Waals surface area contributed by atoms with Crippen LogP contribution in [0.15, 0.2) is 36.8 Å². The second-order valence-electron chi connectivity index (χ2n) is 10.9. The lowest BCUT2D eigenvalue weighted by molar-refractivity contribution is -0.105. The number of nitrogens with zero attached hydrogens (tertiary/aromatic N) is 6. The molecule has 3 aromatic rings. The van der Waals surface area contributed by atoms with Gasteiger partial charge in [0.15, 0.2) is 0 Å². The summed E-state index contributed by atoms with van der Waals surface area (Å²) in [5.74, 6) is 2.81. The van der Waals surface area contributed by atoms with E-state index in [9.17, 15) is 4.39 Å². The SMILES string of the molecule is CCc1c(N)ncnc1N1CCC(c2nc(-c3ccc(F)cc3)cn2CCN2CCC3(COC3)C2)CC1. The number of hydrogen-bond donors (Lipinski definition) is 1. The molecule has 1 aromatic carbocycles. The van der Waals surface area contributed by atoms with Crippen LogP contribution in [0.5, 0.6) is 0 Å². The Morgan fingerprint density at radius 1 is 1.08 bits per heavy atom. The molecule has 0 unspecified atom stereocenters. The summed E-state index contributed by atoms with van der Waals surface area (Å²) in [7, 11) is 0. The number of ether oxygens (including phenoxy) is 1. The van der Waals surface area contributed by atoms with Crippen molar-refractivity contribution in [3.05, 3.63) is 54.0 Å². The number of benzene rings is 1. The van der Waals surface area contributed by atoms with Gasteiger partial charge in [-0.05, 0) is 56.5 Å². The van der Waals surface area contributed by atoms with Gasteiger partial charge < -0.3 is 24.8 Å². The van der Waals surface area contributed by atoms with Crippen molar-refractivity contribution >= 4 is 11.6 Å². The van der Waals surface area contributed by atoms with E-state index in [1.807, 2.05) is 12.1 Å². The first-order valence-corrected chi connectivity index (χ1v) is 13.5. The van der Waals surface area contributed by atoms with Crippen LogP contribution < -0.4 is 10.6 Å². The third kappa shape index (κ3) is 4.82. The van der Waals surface area contributed by atoms with Gasteiger partial charge in [-0.1, -0.05) is 6.92 Å². The highest BCUT2D eigenvalue weighted by Gasteiger charge is 2.44. The van der Waals surface area contributed by atoms with E-state index in [0.29, 0.717) is 17.2 Å². The fraction of sp³-hybridized carbons (Fsp3) is 0.536. The van der Waals surface area contributed by atoms with Crippen LogP contribution in [-0.2, 0) is 17.7 Å². The number of nitrogen functional groups attached to an aromatic ring is 1. The first-order chi connectivity index (χ1) is 18.0. The number of rotatable bonds is 7. The van der Waals surface area contributed by atoms with Gasteiger partial charge in [-0.3, -0.25) is 0 Å². The molecule has 2 aromatic heterocycles. The molecule has 3 aliphatic heterocycles. The van der Waals surface area contributed by atoms with Gasteiger partial charge >= 0.3 is 0 Å². The fourth-order valence-corrected chi connectivity index (χ4v) is 6.17. The van der Waals surface area contributed by atoms with Crippen molar-refractivity contribution in [1.29, 1.82) is 0 Å². The molecule has 8 nitrogen and oxygen atoms in total. The quantitative estimate of drug-likeness (QED) is 0.524. The number of hydrogen-bond acceptors (Lipinski definition) is 7. The normalized spacial score (nSPS) is 20.0. The van der Waals surface area contributed by atoms with Gasteiger partial charge in [0.2, 0.25) is 0 Å². The maximum atomic E-state index is 13.6. The van der Waals surface area contributed by atoms with E-state index >= 15 is 0 Å². The van der Waals surface area contributed by atoms with Crippen molar-refractivity contribution in [3.63, 3.8) is 0 Å². The molecular weight excluding hydrogens is 469 g/mol. The van der Waals surface area contributed by atoms with Crippen molar-refractivity contribution in [2.24, 2.45) is 5.41 Å². The van der Waals surface area contributed by atoms with Crippen LogP contribution in [0.25, 0.3) is 11.3 Å². The summed E-state index contributed by atoms with van der Waals surface area (Å²) in [5, 5.41) is 0. The van der Waals surface area contributed by atoms with Gasteiger partial charge in [0.1, 0.15) is 29.6 Å². The molecule has 3 aliphatic rings. The highest BCUT2D eigenvalue weighted by atomic mass is 19.1. The number of piperidine rings is 1. The van der Waals surface area contributed by atoms with Crippen LogP contribution in [0.2, 0.25) is 0 Å². The molecule has 3 saturated heterocycles. The molecule has 3 fully saturated rings. The van der Waals surface area contributed by atoms with Gasteiger partial charge in [-0.25, -0.2) is 19.3 Å². The molecule has 0 aliphatic carbocycles. The maximum absolute atomic E-state index is 13.6. The minimum atomic E-state index is -0.226. The second-order valence-corrected chi connectivity index (χ2v) is 10.9. The summed E-state index contributed by atoms with van der Waals surface area (Å²) in [6.45, 7) is 9.90. The zero-order valence-corrected chi connectivity index (χ0v) is 21.6. The lowest BCUT2D eigenvalue weighted by Crippen LogP contribution is -2.44. The molecule has 196 valence electrons. The Morgan fingerprint density at radius 3 is 2.54 bits per heavy atom. The van der Waals surface area contributed by atoms with Crippen molar-refractivity contribution < 1.29 is 9.13 Å². The lowest BCUT2D eigenvalue weighted by Gasteiger charge is -2.38. The molecule has 5 heterocycles. The highest BCUT2D eigenvalue weighted by Crippen LogP contribution is 2.38. The van der Waals surface area contributed by atoms with Crippen molar-refractivity contribution in [2.45, 2.75) is 45.1 Å². The monoisotopic (exact) mass is 505 g/mol. The standard InChI is InChI=1S/C28H36FN7O/c1-2-23-25(30)31-19-32-27(23)35-10-7-21(8-11-35)26-33-24(20-3-5-22(29)6-4-20)15-36(26)14-13-34-12-9-28(16-34)17-37-18-28/h3-6,15,19,21H,2,7-14,16-18H2,1H3,(H2,30,31,32). The van der Waals surface area contributed by atoms with Gasteiger partial charge in [0.05, 0.1) is 18.9 Å². The summed E-state index contributed by atoms with van der Waals surface area (Å²) < 4.78 is 21.4. The summed E-state index contributed by atoms with van der Waals surface area (Å²) in [6.07, 6.45) is 7.77. The fourth-order valence-electron chi connectivity index (χ4n) is 6.17. The topological polar surface area (TPSA) is 85.3 Å². The predicted molar refractivity (Wildman–Crippen MR) is 142 cm³/mol. The molecule has 9 heteroatoms. The van der Waals surface area contributed by atoms with Gasteiger partial charge in [-0.15, -0.1) is 0 Å². The third-order valence-corrected chi connectivity index (χ3v) is 8.41. The molecular formula is C28H36FN7O. The number of anilines is 2. The van der Waals surface area contributed by atoms with Crippen LogP contribution in [-0.4, -0.2) is 70.4 Å². The molecule has 2 N–H and O–H groups in total. The Balaban J connectivity index is 1.20. The van der Waals surface area contributed by atoms with Crippen LogP contribution >= 0.6 is 0 Å². The molecule has 0 amide bonds. The number of aromatic nitrogens is 4. The summed E-state index contributed by atoms with van der Waals surface area (Å²) >= 11 is 0. The lowest BCUT2D eigenvalue weighted by atomic mass is 9.85. The minimum Gasteiger partial charge on any atom is -0.383 e. The number of likely N-dealkylation sites (tertiary alicyclic amines) is 1. The van der Waals surface area contributed by atoms with Gasteiger partial charge in [0.25, 0.3) is 0 Å². The van der Waals surface area contributed by atoms with E-state index in [2.05, 4.69) is 37.5 Å². The second kappa shape index (κ2) is 10.0. The van der Waals surface area contributed by atoms with E-state index < -0.39 is 0 Å². The van der Waals surface area contributed by atoms with Crippen LogP contribution in [0.3, 0.4) is 0 Å². The number of nitrogens with two attached hydrogens (primary N) is 1. The smallest absolute Gasteiger partial charge is 0.137 e. The van der Waals surface area contributed by atoms with Crippen LogP contribution in [0.1, 0.15) is 43.5 Å². The van der Waals surface area contributed by atoms with Crippen molar-refractivity contribution in [2.75, 3.05) is 56.6 Å². The Hall–Kier alpha value is -3.04. The summed E-state index contributed by atoms with van der Waals surface area (Å²) in [4.78, 5) is 18.8. The molecule has 0 atom stereocenters. The van der Waals surface area contributed by atoms with Crippen molar-refractivity contribution in [3.8, 4) is 11.3 Å². The van der Waals surface area contributed by atoms with Crippen LogP contribution in [0.4, 0.5) is 16.0 Å². The minimum absolute atomic E-state index is 0.226. The van der Waals surface area contributed by atoms with E-state index in [1.165, 1.54) is 18.6 Å². The average molecular weight is 506 g/mol. The molecule has 0 radical (unpaired) electrons. The molecule has 1 spiro atoms. The summed E-state index contributed by atoms with van der Waals surface area (Å²) in [5.41, 5.74) is 9.43. The van der Waals surface area contributed by atoms with E-state index in [4.69, 9.17) is 15.5 Å². The Labute approximate surface area is 217 Å².